The molecular formula is C13H17F2N. The predicted octanol–water partition coefficient (Wildman–Crippen LogP) is 3.31. The zero-order valence-corrected chi connectivity index (χ0v) is 9.26. The summed E-state index contributed by atoms with van der Waals surface area (Å²) in [7, 11) is 0. The van der Waals surface area contributed by atoms with E-state index in [9.17, 15) is 8.78 Å². The van der Waals surface area contributed by atoms with Crippen LogP contribution in [-0.4, -0.2) is 12.6 Å². The Morgan fingerprint density at radius 1 is 1.06 bits per heavy atom. The number of nitrogens with one attached hydrogen (secondary N) is 1. The van der Waals surface area contributed by atoms with Crippen LogP contribution in [0.5, 0.6) is 0 Å². The number of rotatable bonds is 2. The molecule has 0 saturated carbocycles. The zero-order valence-electron chi connectivity index (χ0n) is 9.26. The fourth-order valence-electron chi connectivity index (χ4n) is 2.20. The Bertz CT molecular complexity index is 316. The van der Waals surface area contributed by atoms with E-state index in [1.54, 1.807) is 18.2 Å². The summed E-state index contributed by atoms with van der Waals surface area (Å²) in [5.41, 5.74) is 0.120. The highest BCUT2D eigenvalue weighted by Gasteiger charge is 2.40. The summed E-state index contributed by atoms with van der Waals surface area (Å²) in [5.74, 6) is -2.76. The number of hydrogen-bond donors (Lipinski definition) is 1. The van der Waals surface area contributed by atoms with Crippen LogP contribution in [0.25, 0.3) is 0 Å². The highest BCUT2D eigenvalue weighted by Crippen LogP contribution is 2.34. The van der Waals surface area contributed by atoms with Crippen LogP contribution in [-0.2, 0) is 5.92 Å². The summed E-state index contributed by atoms with van der Waals surface area (Å²) in [6, 6.07) is 7.40. The van der Waals surface area contributed by atoms with Gasteiger partial charge in [-0.1, -0.05) is 43.2 Å². The van der Waals surface area contributed by atoms with Gasteiger partial charge in [-0.3, -0.25) is 0 Å². The van der Waals surface area contributed by atoms with Gasteiger partial charge in [0.15, 0.2) is 0 Å². The largest absolute Gasteiger partial charge is 0.308 e. The molecule has 1 saturated heterocycles. The fraction of sp³-hybridized carbons (Fsp3) is 0.538. The van der Waals surface area contributed by atoms with Gasteiger partial charge in [-0.25, -0.2) is 0 Å². The van der Waals surface area contributed by atoms with Crippen LogP contribution in [0.1, 0.15) is 31.2 Å². The van der Waals surface area contributed by atoms with Crippen molar-refractivity contribution >= 4 is 0 Å². The summed E-state index contributed by atoms with van der Waals surface area (Å²) in [5, 5.41) is 2.97. The number of alkyl halides is 2. The Labute approximate surface area is 94.9 Å². The molecule has 0 radical (unpaired) electrons. The molecule has 1 aromatic carbocycles. The minimum absolute atomic E-state index is 0.120. The van der Waals surface area contributed by atoms with E-state index < -0.39 is 12.0 Å². The second kappa shape index (κ2) is 4.91. The lowest BCUT2D eigenvalue weighted by molar-refractivity contribution is -0.0448. The molecule has 1 aromatic rings. The third-order valence-electron chi connectivity index (χ3n) is 3.16. The first-order chi connectivity index (χ1) is 7.71. The summed E-state index contributed by atoms with van der Waals surface area (Å²) < 4.78 is 28.3. The van der Waals surface area contributed by atoms with E-state index in [2.05, 4.69) is 5.32 Å². The van der Waals surface area contributed by atoms with Gasteiger partial charge in [0, 0.05) is 5.56 Å². The van der Waals surface area contributed by atoms with Gasteiger partial charge in [-0.05, 0) is 19.4 Å². The van der Waals surface area contributed by atoms with E-state index in [1.165, 1.54) is 12.1 Å². The fourth-order valence-corrected chi connectivity index (χ4v) is 2.20. The Hall–Kier alpha value is -0.960. The first kappa shape index (κ1) is 11.5. The van der Waals surface area contributed by atoms with Crippen molar-refractivity contribution in [1.29, 1.82) is 0 Å². The van der Waals surface area contributed by atoms with Crippen LogP contribution in [0.2, 0.25) is 0 Å². The molecule has 3 heteroatoms. The molecule has 1 atom stereocenters. The summed E-state index contributed by atoms with van der Waals surface area (Å²) >= 11 is 0. The normalized spacial score (nSPS) is 22.8. The molecule has 1 nitrogen and oxygen atoms in total. The van der Waals surface area contributed by atoms with Crippen LogP contribution < -0.4 is 5.32 Å². The van der Waals surface area contributed by atoms with E-state index in [4.69, 9.17) is 0 Å². The predicted molar refractivity (Wildman–Crippen MR) is 60.6 cm³/mol. The molecule has 0 aliphatic carbocycles. The molecule has 1 aliphatic heterocycles. The lowest BCUT2D eigenvalue weighted by Crippen LogP contribution is -2.42. The standard InChI is InChI=1S/C13H17F2N/c14-13(15,11-7-3-1-4-8-11)12-9-5-2-6-10-16-12/h1,3-4,7-8,12,16H,2,5-6,9-10H2. The van der Waals surface area contributed by atoms with Crippen LogP contribution in [0, 0.1) is 0 Å². The molecule has 0 bridgehead atoms. The van der Waals surface area contributed by atoms with Gasteiger partial charge in [0.05, 0.1) is 6.04 Å². The average Bonchev–Trinajstić information content (AvgIpc) is 2.59. The first-order valence-electron chi connectivity index (χ1n) is 5.88. The van der Waals surface area contributed by atoms with E-state index in [0.717, 1.165) is 19.3 Å². The maximum absolute atomic E-state index is 14.2. The van der Waals surface area contributed by atoms with Crippen LogP contribution in [0.15, 0.2) is 30.3 Å². The smallest absolute Gasteiger partial charge is 0.288 e. The highest BCUT2D eigenvalue weighted by molar-refractivity contribution is 5.22. The van der Waals surface area contributed by atoms with Crippen molar-refractivity contribution in [2.75, 3.05) is 6.54 Å². The maximum atomic E-state index is 14.2. The molecule has 1 heterocycles. The maximum Gasteiger partial charge on any atom is 0.288 e. The number of hydrogen-bond acceptors (Lipinski definition) is 1. The molecule has 16 heavy (non-hydrogen) atoms. The lowest BCUT2D eigenvalue weighted by Gasteiger charge is -2.26. The number of halogens is 2. The second-order valence-corrected chi connectivity index (χ2v) is 4.35. The molecule has 1 N–H and O–H groups in total. The molecule has 0 amide bonds. The Kier molecular flexibility index (Phi) is 3.54. The summed E-state index contributed by atoms with van der Waals surface area (Å²) in [4.78, 5) is 0. The minimum atomic E-state index is -2.76. The van der Waals surface area contributed by atoms with Crippen molar-refractivity contribution < 1.29 is 8.78 Å². The van der Waals surface area contributed by atoms with E-state index in [1.807, 2.05) is 0 Å². The molecule has 2 rings (SSSR count). The van der Waals surface area contributed by atoms with Gasteiger partial charge < -0.3 is 5.32 Å². The SMILES string of the molecule is FC(F)(c1ccccc1)C1CCCCCN1. The first-order valence-corrected chi connectivity index (χ1v) is 5.88. The van der Waals surface area contributed by atoms with Crippen molar-refractivity contribution in [2.45, 2.75) is 37.6 Å². The van der Waals surface area contributed by atoms with Gasteiger partial charge in [-0.2, -0.15) is 8.78 Å². The molecule has 0 spiro atoms. The highest BCUT2D eigenvalue weighted by atomic mass is 19.3. The van der Waals surface area contributed by atoms with Gasteiger partial charge >= 0.3 is 0 Å². The molecule has 0 aromatic heterocycles. The van der Waals surface area contributed by atoms with E-state index >= 15 is 0 Å². The molecule has 1 fully saturated rings. The van der Waals surface area contributed by atoms with Crippen LogP contribution in [0.3, 0.4) is 0 Å². The Morgan fingerprint density at radius 2 is 1.81 bits per heavy atom. The van der Waals surface area contributed by atoms with Gasteiger partial charge in [0.2, 0.25) is 0 Å². The van der Waals surface area contributed by atoms with Gasteiger partial charge in [0.25, 0.3) is 5.92 Å². The van der Waals surface area contributed by atoms with Crippen molar-refractivity contribution in [3.8, 4) is 0 Å². The third-order valence-corrected chi connectivity index (χ3v) is 3.16. The second-order valence-electron chi connectivity index (χ2n) is 4.35. The molecule has 88 valence electrons. The monoisotopic (exact) mass is 225 g/mol. The van der Waals surface area contributed by atoms with E-state index in [0.29, 0.717) is 13.0 Å². The number of benzene rings is 1. The molecular weight excluding hydrogens is 208 g/mol. The quantitative estimate of drug-likeness (QED) is 0.814. The lowest BCUT2D eigenvalue weighted by atomic mass is 9.97. The van der Waals surface area contributed by atoms with Crippen LogP contribution >= 0.6 is 0 Å². The zero-order chi connectivity index (χ0) is 11.4. The summed E-state index contributed by atoms with van der Waals surface area (Å²) in [6.07, 6.45) is 3.50. The average molecular weight is 225 g/mol. The Morgan fingerprint density at radius 3 is 2.56 bits per heavy atom. The van der Waals surface area contributed by atoms with Crippen molar-refractivity contribution in [3.63, 3.8) is 0 Å². The van der Waals surface area contributed by atoms with Crippen molar-refractivity contribution in [3.05, 3.63) is 35.9 Å². The topological polar surface area (TPSA) is 12.0 Å². The minimum Gasteiger partial charge on any atom is -0.308 e. The molecule has 1 unspecified atom stereocenters. The van der Waals surface area contributed by atoms with E-state index in [-0.39, 0.29) is 5.56 Å². The van der Waals surface area contributed by atoms with Gasteiger partial charge in [0.1, 0.15) is 0 Å². The molecule has 1 aliphatic rings. The van der Waals surface area contributed by atoms with Crippen molar-refractivity contribution in [2.24, 2.45) is 0 Å². The van der Waals surface area contributed by atoms with Gasteiger partial charge in [-0.15, -0.1) is 0 Å². The van der Waals surface area contributed by atoms with Crippen molar-refractivity contribution in [1.82, 2.24) is 5.32 Å². The summed E-state index contributed by atoms with van der Waals surface area (Å²) in [6.45, 7) is 0.701. The van der Waals surface area contributed by atoms with Crippen LogP contribution in [0.4, 0.5) is 8.78 Å². The Balaban J connectivity index is 2.16. The third kappa shape index (κ3) is 2.40.